The first-order chi connectivity index (χ1) is 33.0. The molecule has 0 fully saturated rings. The molecule has 0 saturated heterocycles. The van der Waals surface area contributed by atoms with E-state index >= 15 is 0 Å². The number of allylic oxidation sites excluding steroid dienone is 4. The predicted molar refractivity (Wildman–Crippen MR) is 289 cm³/mol. The van der Waals surface area contributed by atoms with Crippen LogP contribution in [-0.2, 0) is 28.6 Å². The van der Waals surface area contributed by atoms with Crippen LogP contribution in [0.4, 0.5) is 0 Å². The summed E-state index contributed by atoms with van der Waals surface area (Å²) in [6.45, 7) is 6.68. The zero-order valence-electron chi connectivity index (χ0n) is 45.2. The summed E-state index contributed by atoms with van der Waals surface area (Å²) in [7, 11) is 0. The van der Waals surface area contributed by atoms with Gasteiger partial charge in [0.25, 0.3) is 0 Å². The van der Waals surface area contributed by atoms with Crippen LogP contribution in [0.3, 0.4) is 0 Å². The number of carbonyl (C=O) groups is 3. The van der Waals surface area contributed by atoms with Crippen molar-refractivity contribution in [2.75, 3.05) is 13.2 Å². The Morgan fingerprint density at radius 3 is 0.791 bits per heavy atom. The fourth-order valence-electron chi connectivity index (χ4n) is 8.97. The van der Waals surface area contributed by atoms with E-state index in [9.17, 15) is 14.4 Å². The van der Waals surface area contributed by atoms with Crippen molar-refractivity contribution in [1.82, 2.24) is 0 Å². The van der Waals surface area contributed by atoms with E-state index in [0.717, 1.165) is 77.0 Å². The standard InChI is InChI=1S/C61H114O6/c1-4-7-10-13-16-19-22-25-28-30-32-33-36-39-42-45-48-51-54-60(63)66-57-58(56-65-59(62)53-50-47-44-41-38-35-27-24-21-18-15-12-9-6-3)67-61(64)55-52-49-46-43-40-37-34-31-29-26-23-20-17-14-11-8-5-2/h28,30,32-33,58H,4-27,29,31,34-57H2,1-3H3/b30-28-,33-32-. The lowest BCUT2D eigenvalue weighted by molar-refractivity contribution is -0.167. The van der Waals surface area contributed by atoms with Gasteiger partial charge in [-0.3, -0.25) is 14.4 Å². The third-order valence-corrected chi connectivity index (χ3v) is 13.5. The largest absolute Gasteiger partial charge is 0.462 e. The summed E-state index contributed by atoms with van der Waals surface area (Å²) in [6, 6.07) is 0. The van der Waals surface area contributed by atoms with Crippen LogP contribution in [0.2, 0.25) is 0 Å². The van der Waals surface area contributed by atoms with Crippen LogP contribution >= 0.6 is 0 Å². The minimum atomic E-state index is -0.772. The number of ether oxygens (including phenoxy) is 3. The number of hydrogen-bond donors (Lipinski definition) is 0. The molecule has 0 aromatic carbocycles. The Morgan fingerprint density at radius 1 is 0.299 bits per heavy atom. The van der Waals surface area contributed by atoms with E-state index in [2.05, 4.69) is 45.1 Å². The molecule has 0 aromatic rings. The summed E-state index contributed by atoms with van der Waals surface area (Å²) in [6.07, 6.45) is 65.9. The van der Waals surface area contributed by atoms with E-state index in [0.29, 0.717) is 19.3 Å². The first-order valence-corrected chi connectivity index (χ1v) is 29.9. The molecule has 0 radical (unpaired) electrons. The van der Waals surface area contributed by atoms with Crippen molar-refractivity contribution in [2.24, 2.45) is 0 Å². The molecule has 1 atom stereocenters. The molecule has 394 valence electrons. The molecule has 0 aliphatic carbocycles. The van der Waals surface area contributed by atoms with Gasteiger partial charge in [-0.05, 0) is 44.9 Å². The average molecular weight is 944 g/mol. The highest BCUT2D eigenvalue weighted by Crippen LogP contribution is 2.17. The Morgan fingerprint density at radius 2 is 0.522 bits per heavy atom. The summed E-state index contributed by atoms with van der Waals surface area (Å²) in [5, 5.41) is 0. The van der Waals surface area contributed by atoms with E-state index in [1.54, 1.807) is 0 Å². The number of rotatable bonds is 55. The fourth-order valence-corrected chi connectivity index (χ4v) is 8.97. The molecule has 0 aromatic heterocycles. The van der Waals surface area contributed by atoms with Gasteiger partial charge in [-0.25, -0.2) is 0 Å². The van der Waals surface area contributed by atoms with Crippen LogP contribution in [0.15, 0.2) is 24.3 Å². The molecule has 0 spiro atoms. The number of carbonyl (C=O) groups excluding carboxylic acids is 3. The topological polar surface area (TPSA) is 78.9 Å². The zero-order chi connectivity index (χ0) is 48.6. The minimum absolute atomic E-state index is 0.0705. The Bertz CT molecular complexity index is 1080. The Labute approximate surface area is 417 Å². The van der Waals surface area contributed by atoms with Gasteiger partial charge in [-0.15, -0.1) is 0 Å². The van der Waals surface area contributed by atoms with Gasteiger partial charge >= 0.3 is 17.9 Å². The minimum Gasteiger partial charge on any atom is -0.462 e. The highest BCUT2D eigenvalue weighted by molar-refractivity contribution is 5.71. The molecular formula is C61H114O6. The van der Waals surface area contributed by atoms with Crippen molar-refractivity contribution in [3.05, 3.63) is 24.3 Å². The Kier molecular flexibility index (Phi) is 54.7. The maximum Gasteiger partial charge on any atom is 0.306 e. The lowest BCUT2D eigenvalue weighted by Gasteiger charge is -2.18. The molecule has 6 heteroatoms. The third kappa shape index (κ3) is 54.7. The second-order valence-electron chi connectivity index (χ2n) is 20.3. The second kappa shape index (κ2) is 56.5. The maximum absolute atomic E-state index is 12.9. The summed E-state index contributed by atoms with van der Waals surface area (Å²) in [4.78, 5) is 38.2. The normalized spacial score (nSPS) is 12.1. The number of hydrogen-bond acceptors (Lipinski definition) is 6. The Balaban J connectivity index is 4.34. The average Bonchev–Trinajstić information content (AvgIpc) is 3.33. The molecule has 0 saturated carbocycles. The SMILES string of the molecule is CCCCCCCCC/C=C\C=C/CCCCCCCC(=O)OCC(COC(=O)CCCCCCCCCCCCCCCC)OC(=O)CCCCCCCCCCCCCCCCCCC. The molecule has 0 N–H and O–H groups in total. The third-order valence-electron chi connectivity index (χ3n) is 13.5. The molecule has 0 amide bonds. The Hall–Kier alpha value is -2.11. The lowest BCUT2D eigenvalue weighted by atomic mass is 10.0. The maximum atomic E-state index is 12.9. The molecule has 0 heterocycles. The molecule has 0 rings (SSSR count). The monoisotopic (exact) mass is 943 g/mol. The van der Waals surface area contributed by atoms with Gasteiger partial charge in [0, 0.05) is 19.3 Å². The van der Waals surface area contributed by atoms with Crippen molar-refractivity contribution in [3.63, 3.8) is 0 Å². The van der Waals surface area contributed by atoms with Crippen molar-refractivity contribution >= 4 is 17.9 Å². The van der Waals surface area contributed by atoms with Gasteiger partial charge in [0.05, 0.1) is 0 Å². The van der Waals surface area contributed by atoms with Gasteiger partial charge < -0.3 is 14.2 Å². The first-order valence-electron chi connectivity index (χ1n) is 29.9. The molecule has 67 heavy (non-hydrogen) atoms. The summed E-state index contributed by atoms with van der Waals surface area (Å²) < 4.78 is 16.9. The van der Waals surface area contributed by atoms with Crippen LogP contribution in [0.1, 0.15) is 329 Å². The van der Waals surface area contributed by atoms with Crippen molar-refractivity contribution in [1.29, 1.82) is 0 Å². The molecule has 6 nitrogen and oxygen atoms in total. The summed E-state index contributed by atoms with van der Waals surface area (Å²) in [5.74, 6) is -0.862. The molecule has 0 aliphatic rings. The van der Waals surface area contributed by atoms with Crippen molar-refractivity contribution in [2.45, 2.75) is 335 Å². The van der Waals surface area contributed by atoms with Crippen LogP contribution in [-0.4, -0.2) is 37.2 Å². The van der Waals surface area contributed by atoms with E-state index in [4.69, 9.17) is 14.2 Å². The van der Waals surface area contributed by atoms with Gasteiger partial charge in [0.15, 0.2) is 6.10 Å². The molecule has 0 bridgehead atoms. The first kappa shape index (κ1) is 64.9. The lowest BCUT2D eigenvalue weighted by Crippen LogP contribution is -2.30. The van der Waals surface area contributed by atoms with Crippen molar-refractivity contribution in [3.8, 4) is 0 Å². The molecule has 1 unspecified atom stereocenters. The number of unbranched alkanes of at least 4 members (excludes halogenated alkanes) is 41. The van der Waals surface area contributed by atoms with Gasteiger partial charge in [-0.1, -0.05) is 289 Å². The number of esters is 3. The van der Waals surface area contributed by atoms with E-state index in [1.165, 1.54) is 212 Å². The van der Waals surface area contributed by atoms with Gasteiger partial charge in [-0.2, -0.15) is 0 Å². The highest BCUT2D eigenvalue weighted by Gasteiger charge is 2.19. The zero-order valence-corrected chi connectivity index (χ0v) is 45.2. The summed E-state index contributed by atoms with van der Waals surface area (Å²) in [5.41, 5.74) is 0. The van der Waals surface area contributed by atoms with Crippen LogP contribution in [0.25, 0.3) is 0 Å². The fraction of sp³-hybridized carbons (Fsp3) is 0.885. The predicted octanol–water partition coefficient (Wildman–Crippen LogP) is 19.9. The second-order valence-corrected chi connectivity index (χ2v) is 20.3. The quantitative estimate of drug-likeness (QED) is 0.0262. The van der Waals surface area contributed by atoms with Crippen molar-refractivity contribution < 1.29 is 28.6 Å². The van der Waals surface area contributed by atoms with Gasteiger partial charge in [0.1, 0.15) is 13.2 Å². The van der Waals surface area contributed by atoms with E-state index in [-0.39, 0.29) is 31.1 Å². The van der Waals surface area contributed by atoms with Crippen LogP contribution < -0.4 is 0 Å². The summed E-state index contributed by atoms with van der Waals surface area (Å²) >= 11 is 0. The van der Waals surface area contributed by atoms with Gasteiger partial charge in [0.2, 0.25) is 0 Å². The van der Waals surface area contributed by atoms with Crippen LogP contribution in [0, 0.1) is 0 Å². The van der Waals surface area contributed by atoms with Crippen LogP contribution in [0.5, 0.6) is 0 Å². The smallest absolute Gasteiger partial charge is 0.306 e. The van der Waals surface area contributed by atoms with E-state index in [1.807, 2.05) is 0 Å². The van der Waals surface area contributed by atoms with E-state index < -0.39 is 6.10 Å². The molecular weight excluding hydrogens is 829 g/mol. The molecule has 0 aliphatic heterocycles. The highest BCUT2D eigenvalue weighted by atomic mass is 16.6.